The van der Waals surface area contributed by atoms with Crippen molar-refractivity contribution in [3.63, 3.8) is 0 Å². The van der Waals surface area contributed by atoms with Crippen molar-refractivity contribution in [2.45, 2.75) is 51.3 Å². The number of fused-ring (bicyclic) bond motifs is 1. The van der Waals surface area contributed by atoms with Crippen LogP contribution < -0.4 is 11.1 Å². The van der Waals surface area contributed by atoms with Gasteiger partial charge in [-0.25, -0.2) is 4.79 Å². The first kappa shape index (κ1) is 23.0. The number of hydrogen-bond acceptors (Lipinski definition) is 5. The van der Waals surface area contributed by atoms with Gasteiger partial charge in [0.1, 0.15) is 6.04 Å². The zero-order valence-electron chi connectivity index (χ0n) is 17.4. The minimum Gasteiger partial charge on any atom is -0.461 e. The fraction of sp³-hybridized carbons (Fsp3) is 0.429. The van der Waals surface area contributed by atoms with Crippen LogP contribution in [0.2, 0.25) is 0 Å². The number of amides is 1. The summed E-state index contributed by atoms with van der Waals surface area (Å²) in [4.78, 5) is 39.3. The van der Waals surface area contributed by atoms with Crippen LogP contribution in [-0.4, -0.2) is 51.4 Å². The van der Waals surface area contributed by atoms with Gasteiger partial charge in [0.15, 0.2) is 0 Å². The lowest BCUT2D eigenvalue weighted by molar-refractivity contribution is -0.151. The number of rotatable bonds is 10. The summed E-state index contributed by atoms with van der Waals surface area (Å²) in [6.45, 7) is 3.37. The van der Waals surface area contributed by atoms with E-state index in [2.05, 4.69) is 10.1 Å². The molecular formula is C21H27N5O4. The van der Waals surface area contributed by atoms with Crippen molar-refractivity contribution >= 4 is 34.8 Å². The molecule has 30 heavy (non-hydrogen) atoms. The number of carbonyl (C=O) groups excluding carboxylic acids is 3. The molecule has 0 radical (unpaired) electrons. The maximum atomic E-state index is 12.7. The van der Waals surface area contributed by atoms with Gasteiger partial charge in [0.2, 0.25) is 11.7 Å². The van der Waals surface area contributed by atoms with Gasteiger partial charge < -0.3 is 25.9 Å². The van der Waals surface area contributed by atoms with Crippen LogP contribution in [0.25, 0.3) is 16.4 Å². The van der Waals surface area contributed by atoms with Gasteiger partial charge in [-0.15, -0.1) is 0 Å². The first-order chi connectivity index (χ1) is 14.2. The van der Waals surface area contributed by atoms with Crippen molar-refractivity contribution in [3.05, 3.63) is 41.6 Å². The van der Waals surface area contributed by atoms with E-state index < -0.39 is 29.7 Å². The van der Waals surface area contributed by atoms with E-state index in [0.29, 0.717) is 0 Å². The number of benzene rings is 1. The Morgan fingerprint density at radius 1 is 1.30 bits per heavy atom. The molecule has 1 aromatic heterocycles. The minimum absolute atomic E-state index is 0.00311. The third-order valence-electron chi connectivity index (χ3n) is 4.59. The summed E-state index contributed by atoms with van der Waals surface area (Å²) in [6, 6.07) is 5.88. The summed E-state index contributed by atoms with van der Waals surface area (Å²) in [5.41, 5.74) is 16.5. The Balaban J connectivity index is 2.09. The smallest absolute Gasteiger partial charge is 0.328 e. The SMILES string of the molecule is CC(C)OC(=O)[C@H](CCC(=O)C=[N+]=[N-])NC(=O)[C@@H](N)Cc1cn(C)c2ccccc12. The summed E-state index contributed by atoms with van der Waals surface area (Å²) in [6.07, 6.45) is 2.49. The van der Waals surface area contributed by atoms with Gasteiger partial charge in [-0.3, -0.25) is 9.59 Å². The molecule has 9 heteroatoms. The standard InChI is InChI=1S/C21H27N5O4/c1-13(2)30-21(29)18(9-8-15(27)11-24-23)25-20(28)17(22)10-14-12-26(3)19-7-5-4-6-16(14)19/h4-7,11-13,17-18H,8-10,22H2,1-3H3,(H,25,28)/t17-,18-/m0/s1. The van der Waals surface area contributed by atoms with E-state index in [4.69, 9.17) is 16.0 Å². The molecule has 0 saturated heterocycles. The summed E-state index contributed by atoms with van der Waals surface area (Å²) < 4.78 is 7.14. The molecule has 0 spiro atoms. The molecule has 2 rings (SSSR count). The van der Waals surface area contributed by atoms with E-state index in [1.165, 1.54) is 0 Å². The third-order valence-corrected chi connectivity index (χ3v) is 4.59. The number of ketones is 1. The number of nitrogens with zero attached hydrogens (tertiary/aromatic N) is 3. The number of aryl methyl sites for hydroxylation is 1. The first-order valence-corrected chi connectivity index (χ1v) is 9.72. The molecule has 3 N–H and O–H groups in total. The van der Waals surface area contributed by atoms with Gasteiger partial charge in [0, 0.05) is 30.6 Å². The van der Waals surface area contributed by atoms with Crippen LogP contribution in [0, 0.1) is 0 Å². The fourth-order valence-electron chi connectivity index (χ4n) is 3.18. The van der Waals surface area contributed by atoms with Gasteiger partial charge in [-0.05, 0) is 38.3 Å². The van der Waals surface area contributed by atoms with E-state index in [1.807, 2.05) is 42.1 Å². The van der Waals surface area contributed by atoms with E-state index in [9.17, 15) is 14.4 Å². The highest BCUT2D eigenvalue weighted by atomic mass is 16.5. The van der Waals surface area contributed by atoms with Gasteiger partial charge in [-0.2, -0.15) is 4.79 Å². The van der Waals surface area contributed by atoms with Gasteiger partial charge in [0.25, 0.3) is 0 Å². The molecule has 160 valence electrons. The Labute approximate surface area is 174 Å². The highest BCUT2D eigenvalue weighted by Crippen LogP contribution is 2.21. The lowest BCUT2D eigenvalue weighted by atomic mass is 10.0. The van der Waals surface area contributed by atoms with Crippen LogP contribution in [0.4, 0.5) is 0 Å². The molecular weight excluding hydrogens is 386 g/mol. The average molecular weight is 413 g/mol. The third kappa shape index (κ3) is 6.10. The summed E-state index contributed by atoms with van der Waals surface area (Å²) in [7, 11) is 1.92. The molecule has 0 saturated carbocycles. The number of ether oxygens (including phenoxy) is 1. The maximum Gasteiger partial charge on any atom is 0.328 e. The van der Waals surface area contributed by atoms with Crippen LogP contribution in [0.1, 0.15) is 32.3 Å². The second kappa shape index (κ2) is 10.5. The predicted molar refractivity (Wildman–Crippen MR) is 112 cm³/mol. The monoisotopic (exact) mass is 413 g/mol. The Hall–Kier alpha value is -3.29. The van der Waals surface area contributed by atoms with Crippen LogP contribution in [0.15, 0.2) is 30.5 Å². The van der Waals surface area contributed by atoms with Crippen molar-refractivity contribution in [1.29, 1.82) is 0 Å². The lowest BCUT2D eigenvalue weighted by Gasteiger charge is -2.20. The Morgan fingerprint density at radius 2 is 2.00 bits per heavy atom. The molecule has 1 heterocycles. The second-order valence-corrected chi connectivity index (χ2v) is 7.39. The normalized spacial score (nSPS) is 12.8. The van der Waals surface area contributed by atoms with Gasteiger partial charge >= 0.3 is 12.2 Å². The van der Waals surface area contributed by atoms with Crippen LogP contribution in [0.3, 0.4) is 0 Å². The number of esters is 1. The van der Waals surface area contributed by atoms with Gasteiger partial charge in [0.05, 0.1) is 12.1 Å². The Bertz CT molecular complexity index is 975. The number of para-hydroxylation sites is 1. The average Bonchev–Trinajstić information content (AvgIpc) is 3.00. The Morgan fingerprint density at radius 3 is 2.67 bits per heavy atom. The predicted octanol–water partition coefficient (Wildman–Crippen LogP) is 1.13. The number of nitrogens with one attached hydrogen (secondary N) is 1. The Kier molecular flexibility index (Phi) is 8.03. The molecule has 1 aromatic carbocycles. The zero-order chi connectivity index (χ0) is 22.3. The van der Waals surface area contributed by atoms with E-state index in [1.54, 1.807) is 13.8 Å². The number of nitrogens with two attached hydrogens (primary N) is 1. The number of carbonyl (C=O) groups is 3. The summed E-state index contributed by atoms with van der Waals surface area (Å²) in [5.74, 6) is -1.64. The molecule has 2 aromatic rings. The van der Waals surface area contributed by atoms with Crippen molar-refractivity contribution in [3.8, 4) is 0 Å². The van der Waals surface area contributed by atoms with Crippen LogP contribution in [-0.2, 0) is 32.6 Å². The fourth-order valence-corrected chi connectivity index (χ4v) is 3.18. The van der Waals surface area contributed by atoms with E-state index in [0.717, 1.165) is 22.7 Å². The number of aromatic nitrogens is 1. The molecule has 0 fully saturated rings. The zero-order valence-corrected chi connectivity index (χ0v) is 17.4. The van der Waals surface area contributed by atoms with Crippen molar-refractivity contribution < 1.29 is 23.9 Å². The topological polar surface area (TPSA) is 140 Å². The summed E-state index contributed by atoms with van der Waals surface area (Å²) in [5, 5.41) is 3.60. The van der Waals surface area contributed by atoms with Gasteiger partial charge in [-0.1, -0.05) is 18.2 Å². The molecule has 0 aliphatic carbocycles. The number of Topliss-reactive ketones (excluding diaryl/α,β-unsaturated/α-hetero) is 1. The highest BCUT2D eigenvalue weighted by Gasteiger charge is 2.27. The van der Waals surface area contributed by atoms with E-state index >= 15 is 0 Å². The molecule has 1 amide bonds. The molecule has 0 aliphatic heterocycles. The van der Waals surface area contributed by atoms with Crippen LogP contribution >= 0.6 is 0 Å². The first-order valence-electron chi connectivity index (χ1n) is 9.72. The van der Waals surface area contributed by atoms with Crippen molar-refractivity contribution in [2.24, 2.45) is 12.8 Å². The lowest BCUT2D eigenvalue weighted by Crippen LogP contribution is -2.50. The molecule has 9 nitrogen and oxygen atoms in total. The van der Waals surface area contributed by atoms with Crippen LogP contribution in [0.5, 0.6) is 0 Å². The molecule has 2 atom stereocenters. The van der Waals surface area contributed by atoms with Crippen molar-refractivity contribution in [2.75, 3.05) is 0 Å². The maximum absolute atomic E-state index is 12.7. The van der Waals surface area contributed by atoms with Crippen molar-refractivity contribution in [1.82, 2.24) is 9.88 Å². The minimum atomic E-state index is -1.03. The van der Waals surface area contributed by atoms with E-state index in [-0.39, 0.29) is 25.4 Å². The number of hydrogen-bond donors (Lipinski definition) is 2. The highest BCUT2D eigenvalue weighted by molar-refractivity contribution is 6.25. The summed E-state index contributed by atoms with van der Waals surface area (Å²) >= 11 is 0. The molecule has 0 unspecified atom stereocenters. The quantitative estimate of drug-likeness (QED) is 0.260. The second-order valence-electron chi connectivity index (χ2n) is 7.39. The molecule has 0 bridgehead atoms. The largest absolute Gasteiger partial charge is 0.461 e. The molecule has 0 aliphatic rings.